The van der Waals surface area contributed by atoms with Crippen LogP contribution < -0.4 is 10.6 Å². The number of nitrogens with zero attached hydrogens (tertiary/aromatic N) is 1. The Hall–Kier alpha value is -1.68. The number of hydrogen-bond acceptors (Lipinski definition) is 3. The van der Waals surface area contributed by atoms with E-state index >= 15 is 0 Å². The molecule has 3 unspecified atom stereocenters. The Morgan fingerprint density at radius 1 is 1.15 bits per heavy atom. The van der Waals surface area contributed by atoms with Gasteiger partial charge < -0.3 is 5.73 Å². The molecule has 4 heteroatoms. The maximum atomic E-state index is 12.6. The number of carbonyl (C=O) groups excluding carboxylic acids is 2. The molecular formula is C16H20N2O2. The smallest absolute Gasteiger partial charge is 0.237 e. The first-order valence-corrected chi connectivity index (χ1v) is 7.23. The molecule has 0 spiro atoms. The second kappa shape index (κ2) is 4.70. The largest absolute Gasteiger partial charge is 0.324 e. The summed E-state index contributed by atoms with van der Waals surface area (Å²) in [5.41, 5.74) is 7.48. The van der Waals surface area contributed by atoms with Crippen LogP contribution in [0.25, 0.3) is 0 Å². The van der Waals surface area contributed by atoms with E-state index in [1.807, 2.05) is 31.2 Å². The topological polar surface area (TPSA) is 63.4 Å². The first-order chi connectivity index (χ1) is 9.50. The van der Waals surface area contributed by atoms with E-state index in [2.05, 4.69) is 6.92 Å². The summed E-state index contributed by atoms with van der Waals surface area (Å²) >= 11 is 0. The second-order valence-corrected chi connectivity index (χ2v) is 6.15. The number of fused-ring (bicyclic) bond motifs is 1. The molecule has 2 aliphatic rings. The zero-order valence-electron chi connectivity index (χ0n) is 11.9. The molecule has 1 saturated heterocycles. The van der Waals surface area contributed by atoms with Gasteiger partial charge in [-0.05, 0) is 37.3 Å². The third-order valence-electron chi connectivity index (χ3n) is 4.54. The van der Waals surface area contributed by atoms with E-state index < -0.39 is 0 Å². The average Bonchev–Trinajstić information content (AvgIpc) is 2.89. The van der Waals surface area contributed by atoms with Crippen LogP contribution in [0.4, 0.5) is 5.69 Å². The number of amides is 2. The molecule has 2 amide bonds. The monoisotopic (exact) mass is 272 g/mol. The molecule has 20 heavy (non-hydrogen) atoms. The first kappa shape index (κ1) is 13.3. The highest BCUT2D eigenvalue weighted by atomic mass is 16.2. The number of nitrogens with two attached hydrogens (primary N) is 1. The summed E-state index contributed by atoms with van der Waals surface area (Å²) in [5.74, 6) is 0.121. The van der Waals surface area contributed by atoms with Gasteiger partial charge in [-0.1, -0.05) is 25.1 Å². The van der Waals surface area contributed by atoms with Gasteiger partial charge in [0.1, 0.15) is 0 Å². The number of carbonyl (C=O) groups is 2. The van der Waals surface area contributed by atoms with Crippen LogP contribution in [-0.4, -0.2) is 11.8 Å². The summed E-state index contributed by atoms with van der Waals surface area (Å²) in [5, 5.41) is 0. The summed E-state index contributed by atoms with van der Waals surface area (Å²) < 4.78 is 0. The Labute approximate surface area is 118 Å². The van der Waals surface area contributed by atoms with Gasteiger partial charge in [0, 0.05) is 6.04 Å². The fourth-order valence-corrected chi connectivity index (χ4v) is 3.59. The highest BCUT2D eigenvalue weighted by Gasteiger charge is 2.52. The van der Waals surface area contributed by atoms with Crippen molar-refractivity contribution in [2.45, 2.75) is 32.7 Å². The molecule has 0 radical (unpaired) electrons. The number of rotatable bonds is 2. The van der Waals surface area contributed by atoms with Gasteiger partial charge in [-0.15, -0.1) is 0 Å². The first-order valence-electron chi connectivity index (χ1n) is 7.23. The Morgan fingerprint density at radius 3 is 2.25 bits per heavy atom. The van der Waals surface area contributed by atoms with Crippen LogP contribution in [0.3, 0.4) is 0 Å². The quantitative estimate of drug-likeness (QED) is 0.840. The van der Waals surface area contributed by atoms with E-state index in [4.69, 9.17) is 5.73 Å². The molecule has 1 aliphatic carbocycles. The molecule has 106 valence electrons. The molecule has 3 rings (SSSR count). The van der Waals surface area contributed by atoms with Crippen molar-refractivity contribution < 1.29 is 9.59 Å². The summed E-state index contributed by atoms with van der Waals surface area (Å²) in [6.07, 6.45) is 1.65. The summed E-state index contributed by atoms with van der Waals surface area (Å²) in [7, 11) is 0. The van der Waals surface area contributed by atoms with Gasteiger partial charge in [0.2, 0.25) is 11.8 Å². The van der Waals surface area contributed by atoms with Crippen molar-refractivity contribution in [3.8, 4) is 0 Å². The molecule has 1 heterocycles. The standard InChI is InChI=1S/C16H20N2O2/c1-9-7-12-13(8-9)16(20)18(15(12)19)14-6-4-3-5-11(14)10(2)17/h3-6,9-10,12-13H,7-8,17H2,1-2H3. The zero-order chi connectivity index (χ0) is 14.4. The van der Waals surface area contributed by atoms with Crippen molar-refractivity contribution in [2.24, 2.45) is 23.5 Å². The summed E-state index contributed by atoms with van der Waals surface area (Å²) in [6.45, 7) is 3.98. The van der Waals surface area contributed by atoms with Crippen LogP contribution in [0.2, 0.25) is 0 Å². The maximum absolute atomic E-state index is 12.6. The van der Waals surface area contributed by atoms with Gasteiger partial charge in [-0.25, -0.2) is 4.90 Å². The summed E-state index contributed by atoms with van der Waals surface area (Å²) in [6, 6.07) is 7.23. The molecule has 1 aromatic carbocycles. The van der Waals surface area contributed by atoms with E-state index in [1.54, 1.807) is 0 Å². The maximum Gasteiger partial charge on any atom is 0.237 e. The van der Waals surface area contributed by atoms with Gasteiger partial charge in [-0.2, -0.15) is 0 Å². The molecule has 1 saturated carbocycles. The zero-order valence-corrected chi connectivity index (χ0v) is 11.9. The minimum absolute atomic E-state index is 0.0440. The third-order valence-corrected chi connectivity index (χ3v) is 4.54. The predicted octanol–water partition coefficient (Wildman–Crippen LogP) is 2.24. The van der Waals surface area contributed by atoms with Gasteiger partial charge >= 0.3 is 0 Å². The Morgan fingerprint density at radius 2 is 1.70 bits per heavy atom. The lowest BCUT2D eigenvalue weighted by atomic mass is 10.00. The van der Waals surface area contributed by atoms with Gasteiger partial charge in [-0.3, -0.25) is 9.59 Å². The van der Waals surface area contributed by atoms with Crippen molar-refractivity contribution in [3.63, 3.8) is 0 Å². The number of anilines is 1. The molecule has 1 aliphatic heterocycles. The summed E-state index contributed by atoms with van der Waals surface area (Å²) in [4.78, 5) is 26.5. The number of hydrogen-bond donors (Lipinski definition) is 1. The molecule has 2 N–H and O–H groups in total. The van der Waals surface area contributed by atoms with Crippen molar-refractivity contribution in [1.29, 1.82) is 0 Å². The minimum atomic E-state index is -0.203. The van der Waals surface area contributed by atoms with Gasteiger partial charge in [0.25, 0.3) is 0 Å². The Balaban J connectivity index is 2.00. The molecular weight excluding hydrogens is 252 g/mol. The predicted molar refractivity (Wildman–Crippen MR) is 76.9 cm³/mol. The van der Waals surface area contributed by atoms with Crippen LogP contribution in [0.5, 0.6) is 0 Å². The third kappa shape index (κ3) is 1.86. The lowest BCUT2D eigenvalue weighted by Crippen LogP contribution is -2.33. The van der Waals surface area contributed by atoms with Gasteiger partial charge in [0.15, 0.2) is 0 Å². The highest BCUT2D eigenvalue weighted by Crippen LogP contribution is 2.45. The van der Waals surface area contributed by atoms with Crippen molar-refractivity contribution >= 4 is 17.5 Å². The second-order valence-electron chi connectivity index (χ2n) is 6.15. The molecule has 3 atom stereocenters. The number of imide groups is 1. The van der Waals surface area contributed by atoms with Crippen LogP contribution in [-0.2, 0) is 9.59 Å². The Kier molecular flexibility index (Phi) is 3.13. The lowest BCUT2D eigenvalue weighted by Gasteiger charge is -2.21. The Bertz CT molecular complexity index is 543. The van der Waals surface area contributed by atoms with E-state index in [0.29, 0.717) is 11.6 Å². The molecule has 4 nitrogen and oxygen atoms in total. The average molecular weight is 272 g/mol. The van der Waals surface area contributed by atoms with E-state index in [9.17, 15) is 9.59 Å². The van der Waals surface area contributed by atoms with E-state index in [-0.39, 0.29) is 29.7 Å². The lowest BCUT2D eigenvalue weighted by molar-refractivity contribution is -0.123. The molecule has 0 aromatic heterocycles. The van der Waals surface area contributed by atoms with Crippen LogP contribution >= 0.6 is 0 Å². The minimum Gasteiger partial charge on any atom is -0.324 e. The van der Waals surface area contributed by atoms with Crippen LogP contribution in [0.15, 0.2) is 24.3 Å². The fraction of sp³-hybridized carbons (Fsp3) is 0.500. The van der Waals surface area contributed by atoms with Crippen molar-refractivity contribution in [2.75, 3.05) is 4.90 Å². The molecule has 1 aromatic rings. The number of benzene rings is 1. The highest BCUT2D eigenvalue weighted by molar-refractivity contribution is 6.22. The molecule has 2 fully saturated rings. The van der Waals surface area contributed by atoms with Crippen LogP contribution in [0, 0.1) is 17.8 Å². The normalized spacial score (nSPS) is 30.8. The fourth-order valence-electron chi connectivity index (χ4n) is 3.59. The SMILES string of the molecule is CC1CC2C(=O)N(c3ccccc3C(C)N)C(=O)C2C1. The number of para-hydroxylation sites is 1. The van der Waals surface area contributed by atoms with Crippen LogP contribution in [0.1, 0.15) is 38.3 Å². The van der Waals surface area contributed by atoms with Crippen molar-refractivity contribution in [3.05, 3.63) is 29.8 Å². The van der Waals surface area contributed by atoms with E-state index in [1.165, 1.54) is 4.90 Å². The molecule has 0 bridgehead atoms. The van der Waals surface area contributed by atoms with E-state index in [0.717, 1.165) is 18.4 Å². The van der Waals surface area contributed by atoms with Crippen molar-refractivity contribution in [1.82, 2.24) is 0 Å². The van der Waals surface area contributed by atoms with Gasteiger partial charge in [0.05, 0.1) is 17.5 Å².